The Balaban J connectivity index is 1.82. The smallest absolute Gasteiger partial charge is 0.251 e. The Kier molecular flexibility index (Phi) is 3.69. The average Bonchev–Trinajstić information content (AvgIpc) is 2.46. The maximum absolute atomic E-state index is 13.2. The summed E-state index contributed by atoms with van der Waals surface area (Å²) in [5.41, 5.74) is 2.32. The molecule has 0 spiro atoms. The van der Waals surface area contributed by atoms with E-state index in [-0.39, 0.29) is 11.6 Å². The Labute approximate surface area is 121 Å². The minimum absolute atomic E-state index is 0.00977. The van der Waals surface area contributed by atoms with Gasteiger partial charge in [0.05, 0.1) is 6.04 Å². The van der Waals surface area contributed by atoms with E-state index in [2.05, 4.69) is 11.4 Å². The number of carbonyl (C=O) groups is 1. The number of aryl methyl sites for hydroxylation is 1. The minimum atomic E-state index is -0.746. The molecule has 4 heteroatoms. The van der Waals surface area contributed by atoms with Gasteiger partial charge in [-0.1, -0.05) is 24.3 Å². The van der Waals surface area contributed by atoms with Gasteiger partial charge in [-0.2, -0.15) is 0 Å². The number of hydrogen-bond acceptors (Lipinski definition) is 1. The van der Waals surface area contributed by atoms with Crippen molar-refractivity contribution in [2.24, 2.45) is 0 Å². The predicted molar refractivity (Wildman–Crippen MR) is 75.9 cm³/mol. The fraction of sp³-hybridized carbons (Fsp3) is 0.235. The van der Waals surface area contributed by atoms with Crippen molar-refractivity contribution in [2.45, 2.75) is 25.3 Å². The molecule has 0 radical (unpaired) electrons. The summed E-state index contributed by atoms with van der Waals surface area (Å²) >= 11 is 0. The van der Waals surface area contributed by atoms with E-state index in [0.29, 0.717) is 0 Å². The van der Waals surface area contributed by atoms with Crippen LogP contribution >= 0.6 is 0 Å². The van der Waals surface area contributed by atoms with Gasteiger partial charge in [-0.25, -0.2) is 8.78 Å². The van der Waals surface area contributed by atoms with Crippen molar-refractivity contribution in [3.8, 4) is 0 Å². The van der Waals surface area contributed by atoms with Crippen molar-refractivity contribution in [2.75, 3.05) is 0 Å². The Morgan fingerprint density at radius 1 is 1.10 bits per heavy atom. The van der Waals surface area contributed by atoms with E-state index in [9.17, 15) is 13.6 Å². The van der Waals surface area contributed by atoms with E-state index in [4.69, 9.17) is 0 Å². The standard InChI is InChI=1S/C17H15F2NO/c18-13-8-12(9-14(19)10-13)17(21)20-16-7-3-5-11-4-1-2-6-15(11)16/h1-2,4,6,8-10,16H,3,5,7H2,(H,20,21)/t16-/m1/s1. The van der Waals surface area contributed by atoms with Gasteiger partial charge in [0.25, 0.3) is 5.91 Å². The van der Waals surface area contributed by atoms with Crippen LogP contribution in [0.15, 0.2) is 42.5 Å². The molecule has 21 heavy (non-hydrogen) atoms. The highest BCUT2D eigenvalue weighted by atomic mass is 19.1. The Morgan fingerprint density at radius 2 is 1.81 bits per heavy atom. The molecule has 1 N–H and O–H groups in total. The highest BCUT2D eigenvalue weighted by molar-refractivity contribution is 5.94. The minimum Gasteiger partial charge on any atom is -0.345 e. The zero-order chi connectivity index (χ0) is 14.8. The van der Waals surface area contributed by atoms with Gasteiger partial charge in [-0.15, -0.1) is 0 Å². The third-order valence-electron chi connectivity index (χ3n) is 3.80. The molecular formula is C17H15F2NO. The number of nitrogens with one attached hydrogen (secondary N) is 1. The topological polar surface area (TPSA) is 29.1 Å². The number of hydrogen-bond donors (Lipinski definition) is 1. The van der Waals surface area contributed by atoms with Crippen LogP contribution in [0.3, 0.4) is 0 Å². The summed E-state index contributed by atoms with van der Waals surface area (Å²) in [6.07, 6.45) is 2.82. The lowest BCUT2D eigenvalue weighted by molar-refractivity contribution is 0.0932. The van der Waals surface area contributed by atoms with Crippen LogP contribution in [-0.4, -0.2) is 5.91 Å². The molecule has 0 bridgehead atoms. The van der Waals surface area contributed by atoms with Crippen LogP contribution in [-0.2, 0) is 6.42 Å². The van der Waals surface area contributed by atoms with Crippen LogP contribution < -0.4 is 5.32 Å². The largest absolute Gasteiger partial charge is 0.345 e. The molecule has 3 rings (SSSR count). The fourth-order valence-electron chi connectivity index (χ4n) is 2.83. The first kappa shape index (κ1) is 13.7. The molecule has 0 fully saturated rings. The monoisotopic (exact) mass is 287 g/mol. The highest BCUT2D eigenvalue weighted by Crippen LogP contribution is 2.29. The molecule has 108 valence electrons. The van der Waals surface area contributed by atoms with Gasteiger partial charge in [0.15, 0.2) is 0 Å². The van der Waals surface area contributed by atoms with Gasteiger partial charge >= 0.3 is 0 Å². The summed E-state index contributed by atoms with van der Waals surface area (Å²) in [5.74, 6) is -1.94. The SMILES string of the molecule is O=C(N[C@@H]1CCCc2ccccc21)c1cc(F)cc(F)c1. The predicted octanol–water partition coefficient (Wildman–Crippen LogP) is 3.77. The molecule has 0 aromatic heterocycles. The molecule has 1 amide bonds. The van der Waals surface area contributed by atoms with Gasteiger partial charge in [0.1, 0.15) is 11.6 Å². The molecule has 0 saturated carbocycles. The number of fused-ring (bicyclic) bond motifs is 1. The van der Waals surface area contributed by atoms with Gasteiger partial charge in [-0.05, 0) is 42.5 Å². The molecule has 0 aliphatic heterocycles. The van der Waals surface area contributed by atoms with Crippen LogP contribution in [0.25, 0.3) is 0 Å². The lowest BCUT2D eigenvalue weighted by Crippen LogP contribution is -2.31. The third kappa shape index (κ3) is 2.94. The molecule has 1 aliphatic rings. The van der Waals surface area contributed by atoms with E-state index in [1.165, 1.54) is 5.56 Å². The number of rotatable bonds is 2. The van der Waals surface area contributed by atoms with Crippen molar-refractivity contribution in [3.05, 3.63) is 70.8 Å². The first-order chi connectivity index (χ1) is 10.1. The molecule has 2 aromatic rings. The molecule has 0 heterocycles. The summed E-state index contributed by atoms with van der Waals surface area (Å²) in [7, 11) is 0. The normalized spacial score (nSPS) is 17.1. The van der Waals surface area contributed by atoms with Gasteiger partial charge in [0, 0.05) is 11.6 Å². The first-order valence-corrected chi connectivity index (χ1v) is 6.98. The number of carbonyl (C=O) groups excluding carboxylic acids is 1. The lowest BCUT2D eigenvalue weighted by atomic mass is 9.87. The van der Waals surface area contributed by atoms with Gasteiger partial charge in [-0.3, -0.25) is 4.79 Å². The Hall–Kier alpha value is -2.23. The Morgan fingerprint density at radius 3 is 2.57 bits per heavy atom. The molecule has 2 nitrogen and oxygen atoms in total. The van der Waals surface area contributed by atoms with Gasteiger partial charge in [0.2, 0.25) is 0 Å². The van der Waals surface area contributed by atoms with Crippen LogP contribution in [0, 0.1) is 11.6 Å². The van der Waals surface area contributed by atoms with Crippen molar-refractivity contribution in [1.29, 1.82) is 0 Å². The van der Waals surface area contributed by atoms with E-state index < -0.39 is 17.5 Å². The maximum Gasteiger partial charge on any atom is 0.251 e. The van der Waals surface area contributed by atoms with Gasteiger partial charge < -0.3 is 5.32 Å². The molecule has 1 atom stereocenters. The quantitative estimate of drug-likeness (QED) is 0.895. The second-order valence-electron chi connectivity index (χ2n) is 5.28. The molecule has 0 unspecified atom stereocenters. The summed E-state index contributed by atoms with van der Waals surface area (Å²) in [6, 6.07) is 10.7. The van der Waals surface area contributed by atoms with Crippen LogP contribution in [0.1, 0.15) is 40.4 Å². The molecule has 1 aliphatic carbocycles. The number of halogens is 2. The zero-order valence-corrected chi connectivity index (χ0v) is 11.4. The van der Waals surface area contributed by atoms with Crippen molar-refractivity contribution < 1.29 is 13.6 Å². The molecular weight excluding hydrogens is 272 g/mol. The highest BCUT2D eigenvalue weighted by Gasteiger charge is 2.22. The van der Waals surface area contributed by atoms with E-state index >= 15 is 0 Å². The number of benzene rings is 2. The van der Waals surface area contributed by atoms with Crippen molar-refractivity contribution >= 4 is 5.91 Å². The Bertz CT molecular complexity index is 664. The van der Waals surface area contributed by atoms with Crippen molar-refractivity contribution in [3.63, 3.8) is 0 Å². The summed E-state index contributed by atoms with van der Waals surface area (Å²) in [4.78, 5) is 12.2. The molecule has 0 saturated heterocycles. The second-order valence-corrected chi connectivity index (χ2v) is 5.28. The summed E-state index contributed by atoms with van der Waals surface area (Å²) in [5, 5.41) is 2.87. The maximum atomic E-state index is 13.2. The summed E-state index contributed by atoms with van der Waals surface area (Å²) < 4.78 is 26.4. The first-order valence-electron chi connectivity index (χ1n) is 6.98. The summed E-state index contributed by atoms with van der Waals surface area (Å²) in [6.45, 7) is 0. The lowest BCUT2D eigenvalue weighted by Gasteiger charge is -2.26. The third-order valence-corrected chi connectivity index (χ3v) is 3.80. The fourth-order valence-corrected chi connectivity index (χ4v) is 2.83. The van der Waals surface area contributed by atoms with E-state index in [0.717, 1.165) is 43.0 Å². The second kappa shape index (κ2) is 5.64. The van der Waals surface area contributed by atoms with Crippen molar-refractivity contribution in [1.82, 2.24) is 5.32 Å². The van der Waals surface area contributed by atoms with E-state index in [1.807, 2.05) is 18.2 Å². The average molecular weight is 287 g/mol. The van der Waals surface area contributed by atoms with Crippen LogP contribution in [0.4, 0.5) is 8.78 Å². The number of amides is 1. The zero-order valence-electron chi connectivity index (χ0n) is 11.4. The van der Waals surface area contributed by atoms with Crippen LogP contribution in [0.2, 0.25) is 0 Å². The van der Waals surface area contributed by atoms with E-state index in [1.54, 1.807) is 0 Å². The van der Waals surface area contributed by atoms with Crippen LogP contribution in [0.5, 0.6) is 0 Å². The molecule has 2 aromatic carbocycles.